The Morgan fingerprint density at radius 2 is 1.71 bits per heavy atom. The first kappa shape index (κ1) is 27.5. The van der Waals surface area contributed by atoms with Gasteiger partial charge in [0.15, 0.2) is 0 Å². The Morgan fingerprint density at radius 3 is 2.21 bits per heavy atom. The number of nitrogens with one attached hydrogen (secondary N) is 1. The highest BCUT2D eigenvalue weighted by Gasteiger charge is 2.51. The molecule has 1 N–H and O–H groups in total. The van der Waals surface area contributed by atoms with Crippen LogP contribution >= 0.6 is 0 Å². The number of carbonyl (C=O) groups excluding carboxylic acids is 3. The minimum absolute atomic E-state index is 0.00269. The van der Waals surface area contributed by atoms with Crippen molar-refractivity contribution in [1.29, 1.82) is 0 Å². The van der Waals surface area contributed by atoms with Crippen molar-refractivity contribution in [2.24, 2.45) is 5.92 Å². The van der Waals surface area contributed by atoms with Crippen LogP contribution < -0.4 is 10.2 Å². The van der Waals surface area contributed by atoms with E-state index < -0.39 is 76.0 Å². The second-order valence-corrected chi connectivity index (χ2v) is 10.1. The number of amides is 2. The average Bonchev–Trinajstić information content (AvgIpc) is 2.83. The average molecular weight is 492 g/mol. The van der Waals surface area contributed by atoms with Crippen molar-refractivity contribution < 1.29 is 41.1 Å². The Hall–Kier alpha value is -2.72. The number of halogens is 5. The molecule has 2 rings (SSSR count). The predicted molar refractivity (Wildman–Crippen MR) is 114 cm³/mol. The summed E-state index contributed by atoms with van der Waals surface area (Å²) in [6, 6.07) is -0.571. The van der Waals surface area contributed by atoms with Crippen LogP contribution in [0.25, 0.3) is 0 Å². The van der Waals surface area contributed by atoms with Crippen molar-refractivity contribution in [3.05, 3.63) is 28.8 Å². The summed E-state index contributed by atoms with van der Waals surface area (Å²) < 4.78 is 74.2. The Labute approximate surface area is 194 Å². The van der Waals surface area contributed by atoms with Crippen LogP contribution in [0.5, 0.6) is 0 Å². The smallest absolute Gasteiger partial charge is 0.419 e. The molecule has 190 valence electrons. The van der Waals surface area contributed by atoms with E-state index in [4.69, 9.17) is 4.74 Å². The van der Waals surface area contributed by atoms with E-state index in [1.807, 2.05) is 0 Å². The molecule has 1 aliphatic rings. The molecule has 34 heavy (non-hydrogen) atoms. The molecule has 1 aromatic carbocycles. The van der Waals surface area contributed by atoms with E-state index >= 15 is 0 Å². The topological polar surface area (TPSA) is 75.7 Å². The molecule has 0 radical (unpaired) electrons. The maximum Gasteiger partial charge on any atom is 0.419 e. The number of esters is 1. The normalized spacial score (nSPS) is 17.3. The number of carbonyl (C=O) groups is 3. The third-order valence-electron chi connectivity index (χ3n) is 5.62. The predicted octanol–water partition coefficient (Wildman–Crippen LogP) is 4.48. The number of ether oxygens (including phenoxy) is 1. The highest BCUT2D eigenvalue weighted by molar-refractivity contribution is 6.10. The molecule has 1 aliphatic heterocycles. The summed E-state index contributed by atoms with van der Waals surface area (Å²) in [5.74, 6) is -5.69. The first-order chi connectivity index (χ1) is 15.3. The molecule has 1 aromatic rings. The first-order valence-corrected chi connectivity index (χ1v) is 10.7. The number of hydrogen-bond donors (Lipinski definition) is 1. The highest BCUT2D eigenvalue weighted by atomic mass is 19.4. The van der Waals surface area contributed by atoms with Crippen molar-refractivity contribution in [3.63, 3.8) is 0 Å². The zero-order valence-corrected chi connectivity index (χ0v) is 20.1. The Kier molecular flexibility index (Phi) is 7.40. The minimum Gasteiger partial charge on any atom is -0.460 e. The van der Waals surface area contributed by atoms with E-state index in [0.717, 1.165) is 0 Å². The van der Waals surface area contributed by atoms with Gasteiger partial charge in [-0.2, -0.15) is 13.2 Å². The molecule has 2 atom stereocenters. The maximum absolute atomic E-state index is 14.8. The quantitative estimate of drug-likeness (QED) is 0.469. The Morgan fingerprint density at radius 1 is 1.15 bits per heavy atom. The van der Waals surface area contributed by atoms with Crippen molar-refractivity contribution in [2.75, 3.05) is 11.4 Å². The van der Waals surface area contributed by atoms with Gasteiger partial charge in [-0.1, -0.05) is 6.92 Å². The van der Waals surface area contributed by atoms with Crippen LogP contribution in [0.4, 0.5) is 27.6 Å². The molecule has 0 fully saturated rings. The summed E-state index contributed by atoms with van der Waals surface area (Å²) in [5, 5.41) is 2.59. The molecule has 0 bridgehead atoms. The number of rotatable bonds is 6. The summed E-state index contributed by atoms with van der Waals surface area (Å²) in [5.41, 5.74) is -5.75. The Bertz CT molecular complexity index is 999. The Balaban J connectivity index is 2.23. The molecule has 2 amide bonds. The zero-order chi connectivity index (χ0) is 26.4. The van der Waals surface area contributed by atoms with Crippen LogP contribution in [-0.2, 0) is 30.7 Å². The SMILES string of the molecule is C[C@H](CC(=O)OC(C)(C)C)[C@@H](C)NC(=O)CN1C(=O)C(C)(C)c2c(F)c(C(F)(F)F)cc(F)c21. The van der Waals surface area contributed by atoms with Crippen molar-refractivity contribution in [2.45, 2.75) is 78.1 Å². The molecule has 0 unspecified atom stereocenters. The monoisotopic (exact) mass is 492 g/mol. The van der Waals surface area contributed by atoms with Gasteiger partial charge in [0.1, 0.15) is 23.8 Å². The van der Waals surface area contributed by atoms with Crippen LogP contribution in [0.3, 0.4) is 0 Å². The summed E-state index contributed by atoms with van der Waals surface area (Å²) >= 11 is 0. The van der Waals surface area contributed by atoms with Gasteiger partial charge in [0.05, 0.1) is 23.1 Å². The van der Waals surface area contributed by atoms with Gasteiger partial charge in [-0.15, -0.1) is 0 Å². The number of alkyl halides is 3. The number of benzene rings is 1. The molecular weight excluding hydrogens is 463 g/mol. The van der Waals surface area contributed by atoms with E-state index in [0.29, 0.717) is 4.90 Å². The molecule has 0 aliphatic carbocycles. The molecule has 0 spiro atoms. The zero-order valence-electron chi connectivity index (χ0n) is 20.1. The number of fused-ring (bicyclic) bond motifs is 1. The van der Waals surface area contributed by atoms with Crippen LogP contribution in [-0.4, -0.2) is 36.0 Å². The van der Waals surface area contributed by atoms with Gasteiger partial charge >= 0.3 is 12.1 Å². The van der Waals surface area contributed by atoms with Crippen LogP contribution in [0.2, 0.25) is 0 Å². The molecule has 0 aromatic heterocycles. The standard InChI is InChI=1S/C23H29F5N2O4/c1-11(8-16(32)34-21(3,4)5)12(2)29-15(31)10-30-19-14(24)9-13(23(26,27)28)18(25)17(19)22(6,7)20(30)33/h9,11-12H,8,10H2,1-7H3,(H,29,31)/t11-,12-/m1/s1. The third-order valence-corrected chi connectivity index (χ3v) is 5.62. The van der Waals surface area contributed by atoms with E-state index in [-0.39, 0.29) is 18.4 Å². The summed E-state index contributed by atoms with van der Waals surface area (Å²) in [7, 11) is 0. The minimum atomic E-state index is -5.16. The number of anilines is 1. The van der Waals surface area contributed by atoms with Gasteiger partial charge in [0, 0.05) is 11.6 Å². The van der Waals surface area contributed by atoms with Crippen LogP contribution in [0.15, 0.2) is 6.07 Å². The largest absolute Gasteiger partial charge is 0.460 e. The summed E-state index contributed by atoms with van der Waals surface area (Å²) in [6.45, 7) is 10.1. The van der Waals surface area contributed by atoms with Crippen molar-refractivity contribution in [1.82, 2.24) is 5.32 Å². The molecule has 11 heteroatoms. The lowest BCUT2D eigenvalue weighted by molar-refractivity contribution is -0.156. The molecular formula is C23H29F5N2O4. The second-order valence-electron chi connectivity index (χ2n) is 10.1. The second kappa shape index (κ2) is 9.14. The first-order valence-electron chi connectivity index (χ1n) is 10.7. The fourth-order valence-electron chi connectivity index (χ4n) is 3.76. The van der Waals surface area contributed by atoms with E-state index in [2.05, 4.69) is 5.32 Å². The number of nitrogens with zero attached hydrogens (tertiary/aromatic N) is 1. The fourth-order valence-corrected chi connectivity index (χ4v) is 3.76. The highest BCUT2D eigenvalue weighted by Crippen LogP contribution is 2.47. The fraction of sp³-hybridized carbons (Fsp3) is 0.609. The number of hydrogen-bond acceptors (Lipinski definition) is 4. The van der Waals surface area contributed by atoms with Gasteiger partial charge in [0.2, 0.25) is 11.8 Å². The van der Waals surface area contributed by atoms with E-state index in [1.165, 1.54) is 13.8 Å². The molecule has 0 saturated carbocycles. The van der Waals surface area contributed by atoms with Gasteiger partial charge < -0.3 is 10.1 Å². The van der Waals surface area contributed by atoms with Crippen LogP contribution in [0, 0.1) is 17.6 Å². The summed E-state index contributed by atoms with van der Waals surface area (Å²) in [6.07, 6.45) is -5.17. The molecule has 0 saturated heterocycles. The van der Waals surface area contributed by atoms with Gasteiger partial charge in [-0.05, 0) is 53.5 Å². The van der Waals surface area contributed by atoms with Gasteiger partial charge in [0.25, 0.3) is 0 Å². The molecule has 6 nitrogen and oxygen atoms in total. The van der Waals surface area contributed by atoms with E-state index in [9.17, 15) is 36.3 Å². The third kappa shape index (κ3) is 5.67. The summed E-state index contributed by atoms with van der Waals surface area (Å²) in [4.78, 5) is 38.1. The van der Waals surface area contributed by atoms with E-state index in [1.54, 1.807) is 34.6 Å². The van der Waals surface area contributed by atoms with Gasteiger partial charge in [-0.3, -0.25) is 19.3 Å². The molecule has 1 heterocycles. The maximum atomic E-state index is 14.8. The van der Waals surface area contributed by atoms with Crippen molar-refractivity contribution in [3.8, 4) is 0 Å². The lowest BCUT2D eigenvalue weighted by atomic mass is 9.84. The lowest BCUT2D eigenvalue weighted by Gasteiger charge is -2.25. The lowest BCUT2D eigenvalue weighted by Crippen LogP contribution is -2.46. The van der Waals surface area contributed by atoms with Crippen molar-refractivity contribution >= 4 is 23.5 Å². The van der Waals surface area contributed by atoms with Crippen LogP contribution in [0.1, 0.15) is 66.0 Å². The van der Waals surface area contributed by atoms with Gasteiger partial charge in [-0.25, -0.2) is 8.78 Å².